The van der Waals surface area contributed by atoms with E-state index in [-0.39, 0.29) is 6.03 Å². The molecule has 5 heteroatoms. The molecule has 1 aromatic rings. The van der Waals surface area contributed by atoms with Crippen molar-refractivity contribution in [1.29, 1.82) is 0 Å². The Morgan fingerprint density at radius 2 is 1.76 bits per heavy atom. The van der Waals surface area contributed by atoms with E-state index in [0.29, 0.717) is 24.8 Å². The lowest BCUT2D eigenvalue weighted by atomic mass is 10.0. The maximum atomic E-state index is 11.5. The van der Waals surface area contributed by atoms with E-state index in [1.165, 1.54) is 11.1 Å². The molecular weight excluding hydrogens is 284 g/mol. The molecule has 118 valence electrons. The molecule has 0 unspecified atom stereocenters. The summed E-state index contributed by atoms with van der Waals surface area (Å²) < 4.78 is 10.9. The van der Waals surface area contributed by atoms with Crippen LogP contribution >= 0.6 is 0 Å². The molecule has 0 aliphatic carbocycles. The molecule has 0 saturated carbocycles. The minimum absolute atomic E-state index is 0.157. The van der Waals surface area contributed by atoms with Gasteiger partial charge in [0.15, 0.2) is 0 Å². The molecule has 1 aromatic carbocycles. The first-order chi connectivity index (χ1) is 9.99. The number of carbonyl (C=O) groups excluding carboxylic acids is 1. The Kier molecular flexibility index (Phi) is 8.05. The van der Waals surface area contributed by atoms with Crippen molar-refractivity contribution < 1.29 is 9.00 Å². The van der Waals surface area contributed by atoms with E-state index >= 15 is 0 Å². The lowest BCUT2D eigenvalue weighted by Crippen LogP contribution is -2.37. The first-order valence-electron chi connectivity index (χ1n) is 7.39. The smallest absolute Gasteiger partial charge is 0.314 e. The van der Waals surface area contributed by atoms with Gasteiger partial charge in [0.1, 0.15) is 0 Å². The van der Waals surface area contributed by atoms with Crippen LogP contribution in [0.25, 0.3) is 0 Å². The Morgan fingerprint density at radius 3 is 2.33 bits per heavy atom. The Bertz CT molecular complexity index is 458. The first-order valence-corrected chi connectivity index (χ1v) is 9.12. The largest absolute Gasteiger partial charge is 0.338 e. The summed E-state index contributed by atoms with van der Waals surface area (Å²) in [5, 5.41) is 5.59. The van der Waals surface area contributed by atoms with Crippen molar-refractivity contribution in [2.24, 2.45) is 0 Å². The van der Waals surface area contributed by atoms with Crippen LogP contribution in [0.3, 0.4) is 0 Å². The van der Waals surface area contributed by atoms with Crippen LogP contribution in [0, 0.1) is 0 Å². The lowest BCUT2D eigenvalue weighted by Gasteiger charge is -2.09. The standard InChI is InChI=1S/C16H26N2O2S/c1-13(2)15-7-5-14(6-8-15)9-11-18-16(19)17-10-4-12-21(3)20/h5-8,13H,4,9-12H2,1-3H3,(H2,17,18,19)/t21-/m1/s1. The molecule has 0 heterocycles. The van der Waals surface area contributed by atoms with E-state index in [4.69, 9.17) is 0 Å². The Labute approximate surface area is 130 Å². The fourth-order valence-corrected chi connectivity index (χ4v) is 2.48. The van der Waals surface area contributed by atoms with E-state index in [1.54, 1.807) is 6.26 Å². The number of rotatable bonds is 8. The molecule has 0 fully saturated rings. The zero-order valence-electron chi connectivity index (χ0n) is 13.1. The monoisotopic (exact) mass is 310 g/mol. The first kappa shape index (κ1) is 17.7. The normalized spacial score (nSPS) is 12.2. The molecule has 2 N–H and O–H groups in total. The molecule has 0 spiro atoms. The number of urea groups is 1. The number of benzene rings is 1. The quantitative estimate of drug-likeness (QED) is 0.725. The Balaban J connectivity index is 2.17. The van der Waals surface area contributed by atoms with Crippen LogP contribution in [0.1, 0.15) is 37.3 Å². The summed E-state index contributed by atoms with van der Waals surface area (Å²) in [5.74, 6) is 1.17. The number of hydrogen-bond acceptors (Lipinski definition) is 2. The van der Waals surface area contributed by atoms with Gasteiger partial charge in [-0.05, 0) is 29.9 Å². The summed E-state index contributed by atoms with van der Waals surface area (Å²) in [5.41, 5.74) is 2.55. The van der Waals surface area contributed by atoms with E-state index in [2.05, 4.69) is 48.7 Å². The topological polar surface area (TPSA) is 58.2 Å². The Morgan fingerprint density at radius 1 is 1.14 bits per heavy atom. The highest BCUT2D eigenvalue weighted by molar-refractivity contribution is 7.84. The van der Waals surface area contributed by atoms with Gasteiger partial charge in [-0.2, -0.15) is 0 Å². The third-order valence-corrected chi connectivity index (χ3v) is 4.10. The molecule has 0 aliphatic rings. The van der Waals surface area contributed by atoms with Gasteiger partial charge in [0.25, 0.3) is 0 Å². The van der Waals surface area contributed by atoms with E-state index in [1.807, 2.05) is 0 Å². The van der Waals surface area contributed by atoms with Crippen LogP contribution < -0.4 is 10.6 Å². The maximum Gasteiger partial charge on any atom is 0.314 e. The summed E-state index contributed by atoms with van der Waals surface area (Å²) in [6.07, 6.45) is 3.24. The van der Waals surface area contributed by atoms with Crippen LogP contribution in [0.15, 0.2) is 24.3 Å². The van der Waals surface area contributed by atoms with Gasteiger partial charge in [0.2, 0.25) is 0 Å². The van der Waals surface area contributed by atoms with Crippen molar-refractivity contribution in [3.63, 3.8) is 0 Å². The maximum absolute atomic E-state index is 11.5. The highest BCUT2D eigenvalue weighted by atomic mass is 32.2. The van der Waals surface area contributed by atoms with Gasteiger partial charge in [-0.15, -0.1) is 0 Å². The molecule has 1 rings (SSSR count). The Hall–Kier alpha value is -1.36. The summed E-state index contributed by atoms with van der Waals surface area (Å²) in [6, 6.07) is 8.36. The van der Waals surface area contributed by atoms with Crippen molar-refractivity contribution in [2.45, 2.75) is 32.6 Å². The summed E-state index contributed by atoms with van der Waals surface area (Å²) in [4.78, 5) is 11.5. The van der Waals surface area contributed by atoms with Gasteiger partial charge in [0.05, 0.1) is 0 Å². The molecule has 4 nitrogen and oxygen atoms in total. The third kappa shape index (κ3) is 7.85. The second-order valence-corrected chi connectivity index (χ2v) is 7.01. The average molecular weight is 310 g/mol. The van der Waals surface area contributed by atoms with Crippen molar-refractivity contribution in [2.75, 3.05) is 25.1 Å². The summed E-state index contributed by atoms with van der Waals surface area (Å²) >= 11 is 0. The number of carbonyl (C=O) groups is 1. The highest BCUT2D eigenvalue weighted by Gasteiger charge is 2.01. The van der Waals surface area contributed by atoms with E-state index in [0.717, 1.165) is 12.8 Å². The zero-order valence-corrected chi connectivity index (χ0v) is 14.0. The minimum Gasteiger partial charge on any atom is -0.338 e. The molecule has 0 bridgehead atoms. The van der Waals surface area contributed by atoms with Crippen molar-refractivity contribution in [3.8, 4) is 0 Å². The molecular formula is C16H26N2O2S. The number of amides is 2. The van der Waals surface area contributed by atoms with Gasteiger partial charge < -0.3 is 10.6 Å². The average Bonchev–Trinajstić information content (AvgIpc) is 2.44. The van der Waals surface area contributed by atoms with Gasteiger partial charge in [-0.25, -0.2) is 4.79 Å². The molecule has 21 heavy (non-hydrogen) atoms. The van der Waals surface area contributed by atoms with Crippen molar-refractivity contribution in [1.82, 2.24) is 10.6 Å². The minimum atomic E-state index is -0.788. The number of nitrogens with one attached hydrogen (secondary N) is 2. The van der Waals surface area contributed by atoms with Crippen molar-refractivity contribution >= 4 is 16.8 Å². The van der Waals surface area contributed by atoms with Crippen LogP contribution in [0.2, 0.25) is 0 Å². The fraction of sp³-hybridized carbons (Fsp3) is 0.562. The third-order valence-electron chi connectivity index (χ3n) is 3.24. The predicted octanol–water partition coefficient (Wildman–Crippen LogP) is 2.42. The fourth-order valence-electron chi connectivity index (χ4n) is 1.93. The molecule has 0 aromatic heterocycles. The van der Waals surface area contributed by atoms with Gasteiger partial charge >= 0.3 is 6.03 Å². The number of hydrogen-bond donors (Lipinski definition) is 2. The van der Waals surface area contributed by atoms with E-state index in [9.17, 15) is 9.00 Å². The summed E-state index contributed by atoms with van der Waals surface area (Å²) in [6.45, 7) is 5.53. The molecule has 0 aliphatic heterocycles. The van der Waals surface area contributed by atoms with Gasteiger partial charge in [0, 0.05) is 35.9 Å². The molecule has 1 atom stereocenters. The predicted molar refractivity (Wildman–Crippen MR) is 89.2 cm³/mol. The van der Waals surface area contributed by atoms with Gasteiger partial charge in [-0.3, -0.25) is 4.21 Å². The van der Waals surface area contributed by atoms with E-state index < -0.39 is 10.8 Å². The van der Waals surface area contributed by atoms with Crippen LogP contribution in [-0.4, -0.2) is 35.3 Å². The second kappa shape index (κ2) is 9.55. The van der Waals surface area contributed by atoms with Crippen LogP contribution in [-0.2, 0) is 17.2 Å². The SMILES string of the molecule is CC(C)c1ccc(CCNC(=O)NCCC[S@@](C)=O)cc1. The molecule has 2 amide bonds. The van der Waals surface area contributed by atoms with Gasteiger partial charge in [-0.1, -0.05) is 38.1 Å². The lowest BCUT2D eigenvalue weighted by molar-refractivity contribution is 0.241. The molecule has 0 radical (unpaired) electrons. The second-order valence-electron chi connectivity index (χ2n) is 5.46. The highest BCUT2D eigenvalue weighted by Crippen LogP contribution is 2.14. The van der Waals surface area contributed by atoms with Crippen molar-refractivity contribution in [3.05, 3.63) is 35.4 Å². The van der Waals surface area contributed by atoms with Crippen LogP contribution in [0.5, 0.6) is 0 Å². The molecule has 0 saturated heterocycles. The summed E-state index contributed by atoms with van der Waals surface area (Å²) in [7, 11) is -0.788. The zero-order chi connectivity index (χ0) is 15.7. The van der Waals surface area contributed by atoms with Crippen LogP contribution in [0.4, 0.5) is 4.79 Å².